The third kappa shape index (κ3) is 3.20. The van der Waals surface area contributed by atoms with Gasteiger partial charge in [-0.25, -0.2) is 4.98 Å². The summed E-state index contributed by atoms with van der Waals surface area (Å²) in [5.41, 5.74) is 1.06. The average molecular weight is 287 g/mol. The Balaban J connectivity index is 1.80. The molecule has 0 saturated carbocycles. The molecule has 114 valence electrons. The highest BCUT2D eigenvalue weighted by molar-refractivity contribution is 5.74. The Morgan fingerprint density at radius 2 is 1.86 bits per heavy atom. The van der Waals surface area contributed by atoms with Crippen molar-refractivity contribution < 1.29 is 4.79 Å². The summed E-state index contributed by atoms with van der Waals surface area (Å²) in [6.07, 6.45) is 7.30. The minimum atomic E-state index is 0.166. The SMILES string of the molecule is CC(=O)N1CCCC1c1cccc(N2CCCCCC2)n1. The van der Waals surface area contributed by atoms with Crippen molar-refractivity contribution in [1.82, 2.24) is 9.88 Å². The van der Waals surface area contributed by atoms with Crippen LogP contribution in [0.4, 0.5) is 5.82 Å². The summed E-state index contributed by atoms with van der Waals surface area (Å²) in [6.45, 7) is 4.75. The third-order valence-electron chi connectivity index (χ3n) is 4.68. The molecule has 1 amide bonds. The zero-order valence-electron chi connectivity index (χ0n) is 12.9. The number of amides is 1. The van der Waals surface area contributed by atoms with E-state index in [4.69, 9.17) is 4.98 Å². The predicted octanol–water partition coefficient (Wildman–Crippen LogP) is 3.15. The van der Waals surface area contributed by atoms with Crippen LogP contribution in [0.3, 0.4) is 0 Å². The summed E-state index contributed by atoms with van der Waals surface area (Å²) in [5.74, 6) is 1.25. The Kier molecular flexibility index (Phi) is 4.42. The molecule has 2 saturated heterocycles. The Bertz CT molecular complexity index is 495. The van der Waals surface area contributed by atoms with Crippen molar-refractivity contribution in [2.45, 2.75) is 51.5 Å². The molecule has 2 aliphatic heterocycles. The average Bonchev–Trinajstić information content (AvgIpc) is 2.83. The molecule has 0 bridgehead atoms. The predicted molar refractivity (Wildman–Crippen MR) is 84.3 cm³/mol. The lowest BCUT2D eigenvalue weighted by molar-refractivity contribution is -0.129. The Labute approximate surface area is 127 Å². The topological polar surface area (TPSA) is 36.4 Å². The van der Waals surface area contributed by atoms with E-state index in [9.17, 15) is 4.79 Å². The van der Waals surface area contributed by atoms with Crippen LogP contribution in [0.15, 0.2) is 18.2 Å². The molecular weight excluding hydrogens is 262 g/mol. The number of pyridine rings is 1. The fourth-order valence-electron chi connectivity index (χ4n) is 3.55. The van der Waals surface area contributed by atoms with Crippen LogP contribution in [0.2, 0.25) is 0 Å². The second kappa shape index (κ2) is 6.46. The Morgan fingerprint density at radius 3 is 2.57 bits per heavy atom. The van der Waals surface area contributed by atoms with Gasteiger partial charge in [-0.1, -0.05) is 18.9 Å². The first kappa shape index (κ1) is 14.4. The molecule has 1 unspecified atom stereocenters. The largest absolute Gasteiger partial charge is 0.357 e. The van der Waals surface area contributed by atoms with Gasteiger partial charge in [-0.2, -0.15) is 0 Å². The summed E-state index contributed by atoms with van der Waals surface area (Å²) in [6, 6.07) is 6.46. The molecule has 2 fully saturated rings. The first-order chi connectivity index (χ1) is 10.3. The molecule has 3 rings (SSSR count). The zero-order chi connectivity index (χ0) is 14.7. The number of anilines is 1. The zero-order valence-corrected chi connectivity index (χ0v) is 12.9. The molecule has 2 aliphatic rings. The van der Waals surface area contributed by atoms with E-state index >= 15 is 0 Å². The van der Waals surface area contributed by atoms with E-state index in [0.717, 1.165) is 44.0 Å². The van der Waals surface area contributed by atoms with E-state index in [1.807, 2.05) is 4.90 Å². The maximum atomic E-state index is 11.7. The van der Waals surface area contributed by atoms with Crippen molar-refractivity contribution in [2.75, 3.05) is 24.5 Å². The summed E-state index contributed by atoms with van der Waals surface area (Å²) in [5, 5.41) is 0. The summed E-state index contributed by atoms with van der Waals surface area (Å²) in [7, 11) is 0. The third-order valence-corrected chi connectivity index (χ3v) is 4.68. The van der Waals surface area contributed by atoms with Crippen molar-refractivity contribution >= 4 is 11.7 Å². The smallest absolute Gasteiger partial charge is 0.220 e. The maximum absolute atomic E-state index is 11.7. The first-order valence-electron chi connectivity index (χ1n) is 8.25. The van der Waals surface area contributed by atoms with Crippen LogP contribution in [0.5, 0.6) is 0 Å². The normalized spacial score (nSPS) is 23.2. The molecule has 1 aromatic rings. The quantitative estimate of drug-likeness (QED) is 0.838. The number of likely N-dealkylation sites (tertiary alicyclic amines) is 1. The molecular formula is C17H25N3O. The molecule has 0 N–H and O–H groups in total. The van der Waals surface area contributed by atoms with Crippen LogP contribution in [-0.2, 0) is 4.79 Å². The lowest BCUT2D eigenvalue weighted by atomic mass is 10.1. The van der Waals surface area contributed by atoms with Crippen molar-refractivity contribution in [2.24, 2.45) is 0 Å². The standard InChI is InChI=1S/C17H25N3O/c1-14(21)20-13-7-9-16(20)15-8-6-10-17(18-15)19-11-4-2-3-5-12-19/h6,8,10,16H,2-5,7,9,11-13H2,1H3. The van der Waals surface area contributed by atoms with E-state index in [2.05, 4.69) is 23.1 Å². The Hall–Kier alpha value is -1.58. The van der Waals surface area contributed by atoms with Gasteiger partial charge in [0.15, 0.2) is 0 Å². The minimum absolute atomic E-state index is 0.166. The molecule has 0 aliphatic carbocycles. The monoisotopic (exact) mass is 287 g/mol. The number of rotatable bonds is 2. The molecule has 3 heterocycles. The van der Waals surface area contributed by atoms with Crippen molar-refractivity contribution in [1.29, 1.82) is 0 Å². The molecule has 21 heavy (non-hydrogen) atoms. The summed E-state index contributed by atoms with van der Waals surface area (Å²) >= 11 is 0. The molecule has 4 nitrogen and oxygen atoms in total. The highest BCUT2D eigenvalue weighted by atomic mass is 16.2. The van der Waals surface area contributed by atoms with Crippen LogP contribution in [0.25, 0.3) is 0 Å². The highest BCUT2D eigenvalue weighted by Gasteiger charge is 2.29. The number of aromatic nitrogens is 1. The lowest BCUT2D eigenvalue weighted by Crippen LogP contribution is -2.29. The van der Waals surface area contributed by atoms with E-state index in [0.29, 0.717) is 0 Å². The van der Waals surface area contributed by atoms with Crippen LogP contribution in [0.1, 0.15) is 57.2 Å². The number of hydrogen-bond donors (Lipinski definition) is 0. The van der Waals surface area contributed by atoms with E-state index in [1.54, 1.807) is 6.92 Å². The number of carbonyl (C=O) groups is 1. The van der Waals surface area contributed by atoms with Gasteiger partial charge in [0.1, 0.15) is 5.82 Å². The van der Waals surface area contributed by atoms with Gasteiger partial charge >= 0.3 is 0 Å². The van der Waals surface area contributed by atoms with Gasteiger partial charge in [-0.3, -0.25) is 4.79 Å². The van der Waals surface area contributed by atoms with Gasteiger partial charge in [0.2, 0.25) is 5.91 Å². The van der Waals surface area contributed by atoms with Crippen LogP contribution in [-0.4, -0.2) is 35.4 Å². The van der Waals surface area contributed by atoms with Gasteiger partial charge in [-0.15, -0.1) is 0 Å². The van der Waals surface area contributed by atoms with E-state index in [1.165, 1.54) is 25.7 Å². The van der Waals surface area contributed by atoms with E-state index < -0.39 is 0 Å². The summed E-state index contributed by atoms with van der Waals surface area (Å²) in [4.78, 5) is 21.0. The van der Waals surface area contributed by atoms with Gasteiger partial charge in [0.25, 0.3) is 0 Å². The molecule has 0 aromatic carbocycles. The van der Waals surface area contributed by atoms with Gasteiger partial charge < -0.3 is 9.80 Å². The molecule has 1 aromatic heterocycles. The van der Waals surface area contributed by atoms with Crippen molar-refractivity contribution in [3.05, 3.63) is 23.9 Å². The van der Waals surface area contributed by atoms with Crippen LogP contribution >= 0.6 is 0 Å². The maximum Gasteiger partial charge on any atom is 0.220 e. The first-order valence-corrected chi connectivity index (χ1v) is 8.25. The molecule has 0 radical (unpaired) electrons. The second-order valence-electron chi connectivity index (χ2n) is 6.19. The van der Waals surface area contributed by atoms with Crippen molar-refractivity contribution in [3.63, 3.8) is 0 Å². The fraction of sp³-hybridized carbons (Fsp3) is 0.647. The summed E-state index contributed by atoms with van der Waals surface area (Å²) < 4.78 is 0. The number of carbonyl (C=O) groups excluding carboxylic acids is 1. The molecule has 0 spiro atoms. The highest BCUT2D eigenvalue weighted by Crippen LogP contribution is 2.31. The van der Waals surface area contributed by atoms with Crippen LogP contribution < -0.4 is 4.90 Å². The minimum Gasteiger partial charge on any atom is -0.357 e. The number of hydrogen-bond acceptors (Lipinski definition) is 3. The van der Waals surface area contributed by atoms with Crippen LogP contribution in [0, 0.1) is 0 Å². The van der Waals surface area contributed by atoms with Gasteiger partial charge in [0.05, 0.1) is 11.7 Å². The second-order valence-corrected chi connectivity index (χ2v) is 6.19. The Morgan fingerprint density at radius 1 is 1.10 bits per heavy atom. The van der Waals surface area contributed by atoms with E-state index in [-0.39, 0.29) is 11.9 Å². The van der Waals surface area contributed by atoms with Gasteiger partial charge in [0, 0.05) is 26.6 Å². The van der Waals surface area contributed by atoms with Crippen molar-refractivity contribution in [3.8, 4) is 0 Å². The van der Waals surface area contributed by atoms with Gasteiger partial charge in [-0.05, 0) is 37.8 Å². The lowest BCUT2D eigenvalue weighted by Gasteiger charge is -2.26. The molecule has 1 atom stereocenters. The molecule has 4 heteroatoms. The number of nitrogens with zero attached hydrogens (tertiary/aromatic N) is 3. The fourth-order valence-corrected chi connectivity index (χ4v) is 3.55.